The van der Waals surface area contributed by atoms with Crippen LogP contribution in [-0.2, 0) is 0 Å². The lowest BCUT2D eigenvalue weighted by Gasteiger charge is -2.24. The van der Waals surface area contributed by atoms with Gasteiger partial charge in [0.15, 0.2) is 11.5 Å². The summed E-state index contributed by atoms with van der Waals surface area (Å²) < 4.78 is 10.7. The molecule has 0 saturated heterocycles. The Bertz CT molecular complexity index is 417. The van der Waals surface area contributed by atoms with Gasteiger partial charge in [0.25, 0.3) is 0 Å². The van der Waals surface area contributed by atoms with Crippen LogP contribution in [0.5, 0.6) is 11.5 Å². The topological polar surface area (TPSA) is 18.5 Å². The predicted molar refractivity (Wildman–Crippen MR) is 89.5 cm³/mol. The van der Waals surface area contributed by atoms with E-state index in [1.807, 2.05) is 12.1 Å². The Morgan fingerprint density at radius 1 is 1.05 bits per heavy atom. The standard InChI is InChI=1S/C16H24BrClO2/c1-5-7-11(8-6-2)16(17)12-9-14(19-3)15(20-4)10-13(12)18/h9-11,16H,5-8H2,1-4H3. The molecule has 0 spiro atoms. The molecule has 114 valence electrons. The Balaban J connectivity index is 3.09. The minimum absolute atomic E-state index is 0.245. The van der Waals surface area contributed by atoms with Crippen LogP contribution in [0.1, 0.15) is 49.9 Å². The summed E-state index contributed by atoms with van der Waals surface area (Å²) in [6.45, 7) is 4.44. The molecule has 0 heterocycles. The first-order chi connectivity index (χ1) is 9.58. The molecule has 1 unspecified atom stereocenters. The number of ether oxygens (including phenoxy) is 2. The van der Waals surface area contributed by atoms with E-state index in [1.165, 1.54) is 25.7 Å². The number of hydrogen-bond donors (Lipinski definition) is 0. The molecule has 0 saturated carbocycles. The molecule has 1 rings (SSSR count). The van der Waals surface area contributed by atoms with E-state index >= 15 is 0 Å². The van der Waals surface area contributed by atoms with Crippen molar-refractivity contribution < 1.29 is 9.47 Å². The maximum atomic E-state index is 6.41. The maximum Gasteiger partial charge on any atom is 0.162 e. The Morgan fingerprint density at radius 2 is 1.55 bits per heavy atom. The van der Waals surface area contributed by atoms with Crippen molar-refractivity contribution in [2.45, 2.75) is 44.4 Å². The van der Waals surface area contributed by atoms with Crippen LogP contribution in [0, 0.1) is 5.92 Å². The summed E-state index contributed by atoms with van der Waals surface area (Å²) in [7, 11) is 3.27. The van der Waals surface area contributed by atoms with Gasteiger partial charge < -0.3 is 9.47 Å². The van der Waals surface area contributed by atoms with Crippen molar-refractivity contribution >= 4 is 27.5 Å². The van der Waals surface area contributed by atoms with Crippen LogP contribution in [-0.4, -0.2) is 14.2 Å². The number of halogens is 2. The van der Waals surface area contributed by atoms with Gasteiger partial charge in [0, 0.05) is 15.9 Å². The number of benzene rings is 1. The predicted octanol–water partition coefficient (Wildman–Crippen LogP) is 6.01. The molecule has 1 aromatic carbocycles. The number of methoxy groups -OCH3 is 2. The first-order valence-electron chi connectivity index (χ1n) is 7.14. The second kappa shape index (κ2) is 8.78. The van der Waals surface area contributed by atoms with Gasteiger partial charge >= 0.3 is 0 Å². The fraction of sp³-hybridized carbons (Fsp3) is 0.625. The number of rotatable bonds is 8. The van der Waals surface area contributed by atoms with Crippen LogP contribution in [0.25, 0.3) is 0 Å². The van der Waals surface area contributed by atoms with Crippen molar-refractivity contribution in [3.63, 3.8) is 0 Å². The third kappa shape index (κ3) is 4.29. The Hall–Kier alpha value is -0.410. The van der Waals surface area contributed by atoms with E-state index in [0.717, 1.165) is 16.3 Å². The Morgan fingerprint density at radius 3 is 2.00 bits per heavy atom. The third-order valence-corrected chi connectivity index (χ3v) is 5.10. The first-order valence-corrected chi connectivity index (χ1v) is 8.43. The van der Waals surface area contributed by atoms with Crippen LogP contribution < -0.4 is 9.47 Å². The second-order valence-corrected chi connectivity index (χ2v) is 6.36. The summed E-state index contributed by atoms with van der Waals surface area (Å²) >= 11 is 10.2. The lowest BCUT2D eigenvalue weighted by Crippen LogP contribution is -2.08. The van der Waals surface area contributed by atoms with Gasteiger partial charge in [-0.05, 0) is 30.4 Å². The second-order valence-electron chi connectivity index (χ2n) is 4.97. The van der Waals surface area contributed by atoms with Gasteiger partial charge in [0.05, 0.1) is 14.2 Å². The van der Waals surface area contributed by atoms with Crippen LogP contribution in [0.2, 0.25) is 5.02 Å². The molecule has 4 heteroatoms. The molecule has 0 aliphatic heterocycles. The lowest BCUT2D eigenvalue weighted by molar-refractivity contribution is 0.353. The lowest BCUT2D eigenvalue weighted by atomic mass is 9.91. The van der Waals surface area contributed by atoms with Crippen molar-refractivity contribution in [1.29, 1.82) is 0 Å². The molecule has 1 aromatic rings. The maximum absolute atomic E-state index is 6.41. The fourth-order valence-corrected chi connectivity index (χ4v) is 3.82. The summed E-state index contributed by atoms with van der Waals surface area (Å²) in [5, 5.41) is 0.724. The summed E-state index contributed by atoms with van der Waals surface area (Å²) in [6, 6.07) is 3.82. The van der Waals surface area contributed by atoms with E-state index in [4.69, 9.17) is 21.1 Å². The highest BCUT2D eigenvalue weighted by Gasteiger charge is 2.23. The average Bonchev–Trinajstić information content (AvgIpc) is 2.46. The van der Waals surface area contributed by atoms with Crippen LogP contribution in [0.3, 0.4) is 0 Å². The molecule has 0 bridgehead atoms. The zero-order chi connectivity index (χ0) is 15.1. The van der Waals surface area contributed by atoms with E-state index in [-0.39, 0.29) is 4.83 Å². The van der Waals surface area contributed by atoms with Gasteiger partial charge in [-0.25, -0.2) is 0 Å². The minimum atomic E-state index is 0.245. The fourth-order valence-electron chi connectivity index (χ4n) is 2.51. The Labute approximate surface area is 135 Å². The Kier molecular flexibility index (Phi) is 7.75. The molecule has 0 aliphatic rings. The van der Waals surface area contributed by atoms with E-state index in [1.54, 1.807) is 14.2 Å². The summed E-state index contributed by atoms with van der Waals surface area (Å²) in [6.07, 6.45) is 4.73. The molecular formula is C16H24BrClO2. The van der Waals surface area contributed by atoms with Gasteiger partial charge in [-0.2, -0.15) is 0 Å². The molecule has 0 N–H and O–H groups in total. The third-order valence-electron chi connectivity index (χ3n) is 3.53. The SMILES string of the molecule is CCCC(CCC)C(Br)c1cc(OC)c(OC)cc1Cl. The van der Waals surface area contributed by atoms with Crippen LogP contribution in [0.15, 0.2) is 12.1 Å². The monoisotopic (exact) mass is 362 g/mol. The molecule has 2 nitrogen and oxygen atoms in total. The molecule has 0 radical (unpaired) electrons. The molecule has 20 heavy (non-hydrogen) atoms. The smallest absolute Gasteiger partial charge is 0.162 e. The summed E-state index contributed by atoms with van der Waals surface area (Å²) in [5.74, 6) is 1.98. The molecule has 0 amide bonds. The molecular weight excluding hydrogens is 340 g/mol. The quantitative estimate of drug-likeness (QED) is 0.526. The highest BCUT2D eigenvalue weighted by molar-refractivity contribution is 9.09. The van der Waals surface area contributed by atoms with Gasteiger partial charge in [-0.1, -0.05) is 54.2 Å². The van der Waals surface area contributed by atoms with E-state index in [2.05, 4.69) is 29.8 Å². The van der Waals surface area contributed by atoms with Crippen molar-refractivity contribution in [1.82, 2.24) is 0 Å². The van der Waals surface area contributed by atoms with Gasteiger partial charge in [0.1, 0.15) is 0 Å². The average molecular weight is 364 g/mol. The largest absolute Gasteiger partial charge is 0.493 e. The van der Waals surface area contributed by atoms with E-state index in [0.29, 0.717) is 11.7 Å². The molecule has 0 aliphatic carbocycles. The summed E-state index contributed by atoms with van der Waals surface area (Å²) in [5.41, 5.74) is 1.08. The zero-order valence-corrected chi connectivity index (χ0v) is 15.1. The number of hydrogen-bond acceptors (Lipinski definition) is 2. The van der Waals surface area contributed by atoms with E-state index in [9.17, 15) is 0 Å². The van der Waals surface area contributed by atoms with Crippen molar-refractivity contribution in [3.05, 3.63) is 22.7 Å². The normalized spacial score (nSPS) is 12.6. The highest BCUT2D eigenvalue weighted by Crippen LogP contribution is 2.43. The first kappa shape index (κ1) is 17.6. The zero-order valence-electron chi connectivity index (χ0n) is 12.7. The van der Waals surface area contributed by atoms with E-state index < -0.39 is 0 Å². The van der Waals surface area contributed by atoms with Crippen molar-refractivity contribution in [2.24, 2.45) is 5.92 Å². The molecule has 1 atom stereocenters. The molecule has 0 aromatic heterocycles. The van der Waals surface area contributed by atoms with Crippen molar-refractivity contribution in [3.8, 4) is 11.5 Å². The molecule has 0 fully saturated rings. The van der Waals surface area contributed by atoms with Gasteiger partial charge in [-0.15, -0.1) is 0 Å². The van der Waals surface area contributed by atoms with Crippen molar-refractivity contribution in [2.75, 3.05) is 14.2 Å². The van der Waals surface area contributed by atoms with Gasteiger partial charge in [-0.3, -0.25) is 0 Å². The van der Waals surface area contributed by atoms with Crippen LogP contribution >= 0.6 is 27.5 Å². The number of alkyl halides is 1. The highest BCUT2D eigenvalue weighted by atomic mass is 79.9. The van der Waals surface area contributed by atoms with Crippen LogP contribution in [0.4, 0.5) is 0 Å². The van der Waals surface area contributed by atoms with Gasteiger partial charge in [0.2, 0.25) is 0 Å². The minimum Gasteiger partial charge on any atom is -0.493 e. The summed E-state index contributed by atoms with van der Waals surface area (Å²) in [4.78, 5) is 0.245.